The lowest BCUT2D eigenvalue weighted by molar-refractivity contribution is -0.116. The van der Waals surface area contributed by atoms with E-state index in [2.05, 4.69) is 10.3 Å². The lowest BCUT2D eigenvalue weighted by Gasteiger charge is -2.12. The number of rotatable bonds is 5. The molecule has 136 valence electrons. The number of fused-ring (bicyclic) bond motifs is 3. The molecular formula is C21H20N4O2. The minimum absolute atomic E-state index is 0.0573. The number of hydrogen-bond donors (Lipinski definition) is 1. The number of nitrogens with one attached hydrogen (secondary N) is 1. The summed E-state index contributed by atoms with van der Waals surface area (Å²) in [4.78, 5) is 29.4. The molecule has 0 saturated heterocycles. The van der Waals surface area contributed by atoms with E-state index in [4.69, 9.17) is 0 Å². The predicted molar refractivity (Wildman–Crippen MR) is 106 cm³/mol. The van der Waals surface area contributed by atoms with Crippen LogP contribution in [0.25, 0.3) is 16.7 Å². The van der Waals surface area contributed by atoms with Crippen molar-refractivity contribution in [3.63, 3.8) is 0 Å². The highest BCUT2D eigenvalue weighted by atomic mass is 16.1. The molecule has 3 aromatic heterocycles. The quantitative estimate of drug-likeness (QED) is 0.593. The van der Waals surface area contributed by atoms with Gasteiger partial charge in [0.25, 0.3) is 5.56 Å². The van der Waals surface area contributed by atoms with E-state index in [1.807, 2.05) is 55.6 Å². The molecule has 0 saturated carbocycles. The second kappa shape index (κ2) is 7.07. The topological polar surface area (TPSA) is 68.4 Å². The number of anilines is 1. The summed E-state index contributed by atoms with van der Waals surface area (Å²) in [5.74, 6) is -0.0573. The maximum absolute atomic E-state index is 12.8. The summed E-state index contributed by atoms with van der Waals surface area (Å²) in [5, 5.41) is 2.89. The fourth-order valence-electron chi connectivity index (χ4n) is 3.25. The molecule has 0 bridgehead atoms. The lowest BCUT2D eigenvalue weighted by Crippen LogP contribution is -2.24. The van der Waals surface area contributed by atoms with Gasteiger partial charge in [0.05, 0.1) is 5.52 Å². The number of hydrogen-bond acceptors (Lipinski definition) is 3. The van der Waals surface area contributed by atoms with Crippen LogP contribution in [0.2, 0.25) is 0 Å². The summed E-state index contributed by atoms with van der Waals surface area (Å²) in [7, 11) is 0. The predicted octanol–water partition coefficient (Wildman–Crippen LogP) is 3.38. The Morgan fingerprint density at radius 2 is 1.85 bits per heavy atom. The first-order chi connectivity index (χ1) is 13.1. The molecule has 0 unspecified atom stereocenters. The summed E-state index contributed by atoms with van der Waals surface area (Å²) in [6.07, 6.45) is 4.46. The van der Waals surface area contributed by atoms with Gasteiger partial charge in [-0.2, -0.15) is 0 Å². The van der Waals surface area contributed by atoms with Crippen molar-refractivity contribution in [2.45, 2.75) is 26.3 Å². The minimum atomic E-state index is -0.0700. The molecule has 3 heterocycles. The molecule has 6 nitrogen and oxygen atoms in total. The first-order valence-corrected chi connectivity index (χ1v) is 8.94. The molecule has 1 amide bonds. The first-order valence-electron chi connectivity index (χ1n) is 8.94. The van der Waals surface area contributed by atoms with Gasteiger partial charge in [-0.25, -0.2) is 4.98 Å². The molecule has 0 atom stereocenters. The van der Waals surface area contributed by atoms with Crippen LogP contribution >= 0.6 is 0 Å². The van der Waals surface area contributed by atoms with Gasteiger partial charge in [0.15, 0.2) is 5.65 Å². The molecule has 0 radical (unpaired) electrons. The molecule has 0 aliphatic heterocycles. The molecule has 0 fully saturated rings. The molecule has 4 aromatic rings. The third-order valence-corrected chi connectivity index (χ3v) is 4.62. The number of carbonyl (C=O) groups excluding carboxylic acids is 1. The van der Waals surface area contributed by atoms with Crippen LogP contribution in [0.15, 0.2) is 65.7 Å². The summed E-state index contributed by atoms with van der Waals surface area (Å²) in [5.41, 5.74) is 3.96. The number of aromatic nitrogens is 3. The summed E-state index contributed by atoms with van der Waals surface area (Å²) in [6, 6.07) is 15.0. The van der Waals surface area contributed by atoms with Gasteiger partial charge < -0.3 is 9.88 Å². The zero-order valence-electron chi connectivity index (χ0n) is 15.1. The van der Waals surface area contributed by atoms with E-state index in [1.54, 1.807) is 21.2 Å². The van der Waals surface area contributed by atoms with E-state index in [0.29, 0.717) is 24.9 Å². The van der Waals surface area contributed by atoms with Gasteiger partial charge in [0.1, 0.15) is 5.52 Å². The Morgan fingerprint density at radius 1 is 1.07 bits per heavy atom. The molecule has 0 aliphatic rings. The largest absolute Gasteiger partial charge is 0.326 e. The number of aryl methyl sites for hydroxylation is 2. The molecule has 4 rings (SSSR count). The molecular weight excluding hydrogens is 340 g/mol. The summed E-state index contributed by atoms with van der Waals surface area (Å²) < 4.78 is 3.51. The van der Waals surface area contributed by atoms with E-state index in [-0.39, 0.29) is 11.5 Å². The third kappa shape index (κ3) is 3.33. The van der Waals surface area contributed by atoms with Crippen LogP contribution in [0.3, 0.4) is 0 Å². The zero-order chi connectivity index (χ0) is 18.8. The Labute approximate surface area is 156 Å². The Morgan fingerprint density at radius 3 is 2.67 bits per heavy atom. The highest BCUT2D eigenvalue weighted by molar-refractivity contribution is 5.90. The number of amides is 1. The standard InChI is InChI=1S/C21H20N4O2/c1-15-8-10-16(11-9-15)23-19(26)7-4-14-25-17-5-2-12-22-20(17)24-13-3-6-18(24)21(25)27/h2-3,5-6,8-13H,4,7,14H2,1H3,(H,23,26). The van der Waals surface area contributed by atoms with Crippen LogP contribution in [-0.4, -0.2) is 19.9 Å². The van der Waals surface area contributed by atoms with Gasteiger partial charge in [-0.15, -0.1) is 0 Å². The zero-order valence-corrected chi connectivity index (χ0v) is 15.1. The summed E-state index contributed by atoms with van der Waals surface area (Å²) in [6.45, 7) is 2.47. The lowest BCUT2D eigenvalue weighted by atomic mass is 10.2. The normalized spacial score (nSPS) is 11.1. The average molecular weight is 360 g/mol. The monoisotopic (exact) mass is 360 g/mol. The molecule has 1 aromatic carbocycles. The maximum atomic E-state index is 12.8. The highest BCUT2D eigenvalue weighted by Gasteiger charge is 2.11. The van der Waals surface area contributed by atoms with E-state index in [0.717, 1.165) is 22.4 Å². The van der Waals surface area contributed by atoms with E-state index < -0.39 is 0 Å². The Hall–Kier alpha value is -3.41. The number of pyridine rings is 1. The fraction of sp³-hybridized carbons (Fsp3) is 0.190. The Bertz CT molecular complexity index is 1170. The van der Waals surface area contributed by atoms with Crippen molar-refractivity contribution in [1.29, 1.82) is 0 Å². The number of benzene rings is 1. The fourth-order valence-corrected chi connectivity index (χ4v) is 3.25. The van der Waals surface area contributed by atoms with Gasteiger partial charge in [0, 0.05) is 31.0 Å². The van der Waals surface area contributed by atoms with E-state index in [1.165, 1.54) is 0 Å². The van der Waals surface area contributed by atoms with Crippen molar-refractivity contribution in [3.05, 3.63) is 76.8 Å². The van der Waals surface area contributed by atoms with Crippen molar-refractivity contribution in [2.24, 2.45) is 0 Å². The maximum Gasteiger partial charge on any atom is 0.275 e. The Balaban J connectivity index is 1.51. The smallest absolute Gasteiger partial charge is 0.275 e. The second-order valence-corrected chi connectivity index (χ2v) is 6.58. The summed E-state index contributed by atoms with van der Waals surface area (Å²) >= 11 is 0. The van der Waals surface area contributed by atoms with Gasteiger partial charge in [-0.05, 0) is 49.7 Å². The van der Waals surface area contributed by atoms with Crippen LogP contribution in [0.5, 0.6) is 0 Å². The Kier molecular flexibility index (Phi) is 4.46. The molecule has 1 N–H and O–H groups in total. The van der Waals surface area contributed by atoms with Crippen molar-refractivity contribution >= 4 is 28.3 Å². The van der Waals surface area contributed by atoms with Crippen molar-refractivity contribution in [3.8, 4) is 0 Å². The molecule has 0 aliphatic carbocycles. The van der Waals surface area contributed by atoms with Crippen molar-refractivity contribution < 1.29 is 4.79 Å². The third-order valence-electron chi connectivity index (χ3n) is 4.62. The molecule has 6 heteroatoms. The highest BCUT2D eigenvalue weighted by Crippen LogP contribution is 2.14. The van der Waals surface area contributed by atoms with Gasteiger partial charge in [-0.3, -0.25) is 14.0 Å². The number of nitrogens with zero attached hydrogens (tertiary/aromatic N) is 3. The van der Waals surface area contributed by atoms with Crippen LogP contribution in [0.4, 0.5) is 5.69 Å². The minimum Gasteiger partial charge on any atom is -0.326 e. The second-order valence-electron chi connectivity index (χ2n) is 6.58. The molecule has 0 spiro atoms. The van der Waals surface area contributed by atoms with E-state index >= 15 is 0 Å². The van der Waals surface area contributed by atoms with Crippen LogP contribution in [0, 0.1) is 6.92 Å². The van der Waals surface area contributed by atoms with Crippen LogP contribution in [0.1, 0.15) is 18.4 Å². The number of carbonyl (C=O) groups is 1. The van der Waals surface area contributed by atoms with Gasteiger partial charge in [0.2, 0.25) is 5.91 Å². The average Bonchev–Trinajstić information content (AvgIpc) is 3.17. The first kappa shape index (κ1) is 17.0. The van der Waals surface area contributed by atoms with Gasteiger partial charge >= 0.3 is 0 Å². The SMILES string of the molecule is Cc1ccc(NC(=O)CCCn2c(=O)c3cccn3c3ncccc32)cc1. The van der Waals surface area contributed by atoms with Crippen molar-refractivity contribution in [1.82, 2.24) is 14.0 Å². The molecule has 27 heavy (non-hydrogen) atoms. The van der Waals surface area contributed by atoms with Gasteiger partial charge in [-0.1, -0.05) is 17.7 Å². The van der Waals surface area contributed by atoms with Crippen LogP contribution < -0.4 is 10.9 Å². The van der Waals surface area contributed by atoms with Crippen molar-refractivity contribution in [2.75, 3.05) is 5.32 Å². The van der Waals surface area contributed by atoms with Crippen LogP contribution in [-0.2, 0) is 11.3 Å². The van der Waals surface area contributed by atoms with E-state index in [9.17, 15) is 9.59 Å².